The highest BCUT2D eigenvalue weighted by Crippen LogP contribution is 2.36. The van der Waals surface area contributed by atoms with E-state index < -0.39 is 0 Å². The van der Waals surface area contributed by atoms with E-state index in [0.29, 0.717) is 45.2 Å². The largest absolute Gasteiger partial charge is 0.450 e. The molecule has 8 nitrogen and oxygen atoms in total. The number of nitrogens with zero attached hydrogens (tertiary/aromatic N) is 5. The van der Waals surface area contributed by atoms with Crippen molar-refractivity contribution in [3.63, 3.8) is 0 Å². The molecule has 5 heterocycles. The van der Waals surface area contributed by atoms with Crippen molar-refractivity contribution in [2.45, 2.75) is 38.3 Å². The number of hydrogen-bond acceptors (Lipinski definition) is 6. The maximum absolute atomic E-state index is 13.2. The lowest BCUT2D eigenvalue weighted by atomic mass is 10.0. The highest BCUT2D eigenvalue weighted by atomic mass is 35.5. The third-order valence-electron chi connectivity index (χ3n) is 5.48. The van der Waals surface area contributed by atoms with Crippen LogP contribution < -0.4 is 5.69 Å². The minimum absolute atomic E-state index is 0.0410. The number of furan rings is 1. The first-order chi connectivity index (χ1) is 14.0. The average molecular weight is 414 g/mol. The van der Waals surface area contributed by atoms with E-state index in [2.05, 4.69) is 22.0 Å². The zero-order valence-corrected chi connectivity index (χ0v) is 16.9. The summed E-state index contributed by atoms with van der Waals surface area (Å²) in [4.78, 5) is 22.1. The smallest absolute Gasteiger partial charge is 0.349 e. The van der Waals surface area contributed by atoms with Gasteiger partial charge in [0.25, 0.3) is 0 Å². The van der Waals surface area contributed by atoms with E-state index in [0.717, 1.165) is 19.3 Å². The molecule has 0 N–H and O–H groups in total. The zero-order chi connectivity index (χ0) is 20.1. The summed E-state index contributed by atoms with van der Waals surface area (Å²) in [5.41, 5.74) is 3.12. The van der Waals surface area contributed by atoms with Gasteiger partial charge in [0, 0.05) is 31.5 Å². The third kappa shape index (κ3) is 3.03. The van der Waals surface area contributed by atoms with E-state index in [1.54, 1.807) is 33.8 Å². The lowest BCUT2D eigenvalue weighted by Crippen LogP contribution is -2.34. The van der Waals surface area contributed by atoms with Crippen LogP contribution in [0, 0.1) is 0 Å². The van der Waals surface area contributed by atoms with E-state index in [-0.39, 0.29) is 17.8 Å². The number of aryl methyl sites for hydroxylation is 1. The number of ether oxygens (including phenoxy) is 1. The van der Waals surface area contributed by atoms with Gasteiger partial charge in [-0.1, -0.05) is 18.5 Å². The summed E-state index contributed by atoms with van der Waals surface area (Å²) in [5, 5.41) is 4.55. The summed E-state index contributed by atoms with van der Waals surface area (Å²) < 4.78 is 15.3. The molecular weight excluding hydrogens is 394 g/mol. The van der Waals surface area contributed by atoms with Crippen LogP contribution in [0.15, 0.2) is 33.7 Å². The van der Waals surface area contributed by atoms with Crippen molar-refractivity contribution in [2.75, 3.05) is 6.61 Å². The van der Waals surface area contributed by atoms with E-state index in [4.69, 9.17) is 20.8 Å². The van der Waals surface area contributed by atoms with Gasteiger partial charge < -0.3 is 9.15 Å². The lowest BCUT2D eigenvalue weighted by Gasteiger charge is -2.30. The number of rotatable bonds is 3. The first-order valence-electron chi connectivity index (χ1n) is 9.67. The molecule has 0 aromatic carbocycles. The Kier molecular flexibility index (Phi) is 4.40. The Labute approximate surface area is 171 Å². The molecular formula is C20H20ClN5O3. The summed E-state index contributed by atoms with van der Waals surface area (Å²) in [6, 6.07) is 3.40. The Balaban J connectivity index is 1.83. The summed E-state index contributed by atoms with van der Waals surface area (Å²) >= 11 is 6.17. The summed E-state index contributed by atoms with van der Waals surface area (Å²) in [7, 11) is 1.81. The molecule has 9 heteroatoms. The number of aromatic nitrogens is 5. The van der Waals surface area contributed by atoms with Crippen LogP contribution in [0.1, 0.15) is 32.2 Å². The lowest BCUT2D eigenvalue weighted by molar-refractivity contribution is -0.00710. The second kappa shape index (κ2) is 6.96. The molecule has 1 aliphatic rings. The molecule has 1 fully saturated rings. The van der Waals surface area contributed by atoms with Crippen LogP contribution in [0.4, 0.5) is 0 Å². The Morgan fingerprint density at radius 1 is 1.31 bits per heavy atom. The van der Waals surface area contributed by atoms with Gasteiger partial charge in [0.05, 0.1) is 12.3 Å². The molecule has 5 rings (SSSR count). The molecule has 0 aliphatic carbocycles. The monoisotopic (exact) mass is 413 g/mol. The standard InChI is InChI=1S/C20H20ClN5O3/c1-3-13-8-12(6-7-28-13)26-18-17-14(4-5-15(21)23-17)29-19(18)16(24-20(26)27)11-9-22-25(2)10-11/h4-5,9-10,12-13H,3,6-8H2,1-2H3. The summed E-state index contributed by atoms with van der Waals surface area (Å²) in [6.07, 6.45) is 5.95. The molecule has 2 atom stereocenters. The van der Waals surface area contributed by atoms with Crippen LogP contribution >= 0.6 is 11.6 Å². The minimum Gasteiger partial charge on any atom is -0.450 e. The molecule has 2 unspecified atom stereocenters. The van der Waals surface area contributed by atoms with Crippen molar-refractivity contribution in [1.82, 2.24) is 24.3 Å². The highest BCUT2D eigenvalue weighted by Gasteiger charge is 2.29. The van der Waals surface area contributed by atoms with E-state index in [1.165, 1.54) is 0 Å². The summed E-state index contributed by atoms with van der Waals surface area (Å²) in [6.45, 7) is 2.69. The fourth-order valence-corrected chi connectivity index (χ4v) is 4.22. The Morgan fingerprint density at radius 3 is 2.93 bits per heavy atom. The second-order valence-electron chi connectivity index (χ2n) is 7.36. The van der Waals surface area contributed by atoms with Crippen molar-refractivity contribution >= 4 is 33.8 Å². The molecule has 0 spiro atoms. The van der Waals surface area contributed by atoms with Crippen molar-refractivity contribution in [1.29, 1.82) is 0 Å². The fraction of sp³-hybridized carbons (Fsp3) is 0.400. The maximum atomic E-state index is 13.2. The molecule has 0 amide bonds. The van der Waals surface area contributed by atoms with Crippen molar-refractivity contribution in [3.05, 3.63) is 40.2 Å². The van der Waals surface area contributed by atoms with Gasteiger partial charge in [0.1, 0.15) is 21.9 Å². The molecule has 0 saturated carbocycles. The van der Waals surface area contributed by atoms with Gasteiger partial charge in [-0.05, 0) is 31.4 Å². The highest BCUT2D eigenvalue weighted by molar-refractivity contribution is 6.30. The van der Waals surface area contributed by atoms with Gasteiger partial charge in [-0.25, -0.2) is 9.78 Å². The van der Waals surface area contributed by atoms with Crippen molar-refractivity contribution in [2.24, 2.45) is 7.05 Å². The van der Waals surface area contributed by atoms with Crippen LogP contribution in [-0.4, -0.2) is 37.0 Å². The molecule has 4 aromatic heterocycles. The number of fused-ring (bicyclic) bond motifs is 3. The predicted molar refractivity (Wildman–Crippen MR) is 109 cm³/mol. The van der Waals surface area contributed by atoms with Crippen LogP contribution in [0.3, 0.4) is 0 Å². The Bertz CT molecular complexity index is 1270. The molecule has 1 aliphatic heterocycles. The number of pyridine rings is 1. The molecule has 1 saturated heterocycles. The number of hydrogen-bond donors (Lipinski definition) is 0. The van der Waals surface area contributed by atoms with Gasteiger partial charge >= 0.3 is 5.69 Å². The normalized spacial score (nSPS) is 20.0. The third-order valence-corrected chi connectivity index (χ3v) is 5.69. The maximum Gasteiger partial charge on any atom is 0.349 e. The molecule has 0 bridgehead atoms. The quantitative estimate of drug-likeness (QED) is 0.475. The van der Waals surface area contributed by atoms with Gasteiger partial charge in [0.2, 0.25) is 0 Å². The number of halogens is 1. The topological polar surface area (TPSA) is 88.0 Å². The molecule has 4 aromatic rings. The average Bonchev–Trinajstić information content (AvgIpc) is 3.31. The minimum atomic E-state index is -0.331. The van der Waals surface area contributed by atoms with Gasteiger partial charge in [-0.15, -0.1) is 0 Å². The fourth-order valence-electron chi connectivity index (χ4n) is 4.08. The molecule has 29 heavy (non-hydrogen) atoms. The SMILES string of the molecule is CCC1CC(n2c(=O)nc(-c3cnn(C)c3)c3oc4ccc(Cl)nc4c32)CCO1. The van der Waals surface area contributed by atoms with Crippen LogP contribution in [0.25, 0.3) is 33.5 Å². The van der Waals surface area contributed by atoms with E-state index in [1.807, 2.05) is 7.05 Å². The Morgan fingerprint density at radius 2 is 2.17 bits per heavy atom. The van der Waals surface area contributed by atoms with Gasteiger partial charge in [0.15, 0.2) is 11.2 Å². The summed E-state index contributed by atoms with van der Waals surface area (Å²) in [5.74, 6) is 0. The zero-order valence-electron chi connectivity index (χ0n) is 16.1. The van der Waals surface area contributed by atoms with Crippen LogP contribution in [0.5, 0.6) is 0 Å². The molecule has 0 radical (unpaired) electrons. The first kappa shape index (κ1) is 18.3. The Hall–Kier alpha value is -2.71. The van der Waals surface area contributed by atoms with Gasteiger partial charge in [-0.2, -0.15) is 10.1 Å². The first-order valence-corrected chi connectivity index (χ1v) is 10.0. The van der Waals surface area contributed by atoms with Gasteiger partial charge in [-0.3, -0.25) is 9.25 Å². The second-order valence-corrected chi connectivity index (χ2v) is 7.74. The van der Waals surface area contributed by atoms with Crippen LogP contribution in [-0.2, 0) is 11.8 Å². The van der Waals surface area contributed by atoms with E-state index >= 15 is 0 Å². The van der Waals surface area contributed by atoms with Crippen LogP contribution in [0.2, 0.25) is 5.15 Å². The van der Waals surface area contributed by atoms with Crippen molar-refractivity contribution < 1.29 is 9.15 Å². The van der Waals surface area contributed by atoms with E-state index in [9.17, 15) is 4.79 Å². The molecule has 150 valence electrons. The predicted octanol–water partition coefficient (Wildman–Crippen LogP) is 3.72. The van der Waals surface area contributed by atoms with Crippen molar-refractivity contribution in [3.8, 4) is 11.3 Å².